The number of rotatable bonds is 6. The van der Waals surface area contributed by atoms with E-state index in [9.17, 15) is 4.79 Å². The third-order valence-corrected chi connectivity index (χ3v) is 4.22. The summed E-state index contributed by atoms with van der Waals surface area (Å²) in [6, 6.07) is 1.07. The van der Waals surface area contributed by atoms with Gasteiger partial charge in [-0.05, 0) is 40.5 Å². The minimum Gasteiger partial charge on any atom is -0.355 e. The fourth-order valence-electron chi connectivity index (χ4n) is 3.11. The maximum Gasteiger partial charge on any atom is 0.223 e. The lowest BCUT2D eigenvalue weighted by Gasteiger charge is -2.30. The highest BCUT2D eigenvalue weighted by Crippen LogP contribution is 2.22. The van der Waals surface area contributed by atoms with E-state index in [2.05, 4.69) is 37.9 Å². The minimum atomic E-state index is 0.272. The van der Waals surface area contributed by atoms with E-state index in [-0.39, 0.29) is 11.8 Å². The fourth-order valence-corrected chi connectivity index (χ4v) is 3.11. The molecule has 0 aromatic heterocycles. The molecule has 1 aliphatic rings. The molecule has 1 fully saturated rings. The Morgan fingerprint density at radius 2 is 1.58 bits per heavy atom. The molecule has 3 nitrogen and oxygen atoms in total. The first-order chi connectivity index (χ1) is 9.02. The standard InChI is InChI=1S/C16H32N2O/c1-13(2)18(14(3)4)12-11-17-16(19)15-9-7-5-6-8-10-15/h13-15H,5-12H2,1-4H3,(H,17,19). The van der Waals surface area contributed by atoms with Crippen LogP contribution in [0.3, 0.4) is 0 Å². The van der Waals surface area contributed by atoms with Crippen LogP contribution in [0.4, 0.5) is 0 Å². The van der Waals surface area contributed by atoms with Gasteiger partial charge in [0.05, 0.1) is 0 Å². The van der Waals surface area contributed by atoms with Crippen molar-refractivity contribution >= 4 is 5.91 Å². The monoisotopic (exact) mass is 268 g/mol. The summed E-state index contributed by atoms with van der Waals surface area (Å²) in [6.07, 6.45) is 7.23. The van der Waals surface area contributed by atoms with Crippen LogP contribution in [-0.4, -0.2) is 36.0 Å². The molecule has 1 saturated carbocycles. The summed E-state index contributed by atoms with van der Waals surface area (Å²) >= 11 is 0. The SMILES string of the molecule is CC(C)N(CCNC(=O)C1CCCCCC1)C(C)C. The van der Waals surface area contributed by atoms with Crippen LogP contribution in [0.2, 0.25) is 0 Å². The Morgan fingerprint density at radius 3 is 2.05 bits per heavy atom. The van der Waals surface area contributed by atoms with Crippen LogP contribution in [0.1, 0.15) is 66.2 Å². The van der Waals surface area contributed by atoms with Crippen molar-refractivity contribution in [1.29, 1.82) is 0 Å². The summed E-state index contributed by atoms with van der Waals surface area (Å²) in [7, 11) is 0. The van der Waals surface area contributed by atoms with Crippen molar-refractivity contribution in [3.63, 3.8) is 0 Å². The molecule has 1 aliphatic carbocycles. The zero-order chi connectivity index (χ0) is 14.3. The van der Waals surface area contributed by atoms with Gasteiger partial charge in [0.15, 0.2) is 0 Å². The summed E-state index contributed by atoms with van der Waals surface area (Å²) < 4.78 is 0. The summed E-state index contributed by atoms with van der Waals surface area (Å²) in [5.74, 6) is 0.559. The van der Waals surface area contributed by atoms with Crippen LogP contribution >= 0.6 is 0 Å². The van der Waals surface area contributed by atoms with Gasteiger partial charge in [-0.2, -0.15) is 0 Å². The molecule has 0 unspecified atom stereocenters. The minimum absolute atomic E-state index is 0.272. The maximum absolute atomic E-state index is 12.1. The van der Waals surface area contributed by atoms with E-state index in [0.29, 0.717) is 12.1 Å². The second kappa shape index (κ2) is 8.57. The van der Waals surface area contributed by atoms with Gasteiger partial charge >= 0.3 is 0 Å². The van der Waals surface area contributed by atoms with Crippen LogP contribution in [0.5, 0.6) is 0 Å². The van der Waals surface area contributed by atoms with Gasteiger partial charge in [-0.3, -0.25) is 9.69 Å². The molecule has 1 N–H and O–H groups in total. The highest BCUT2D eigenvalue weighted by atomic mass is 16.1. The van der Waals surface area contributed by atoms with Gasteiger partial charge in [0.1, 0.15) is 0 Å². The number of carbonyl (C=O) groups excluding carboxylic acids is 1. The lowest BCUT2D eigenvalue weighted by molar-refractivity contribution is -0.125. The Hall–Kier alpha value is -0.570. The Labute approximate surface area is 119 Å². The molecule has 0 bridgehead atoms. The van der Waals surface area contributed by atoms with E-state index in [0.717, 1.165) is 25.9 Å². The van der Waals surface area contributed by atoms with Crippen LogP contribution in [-0.2, 0) is 4.79 Å². The molecule has 19 heavy (non-hydrogen) atoms. The fraction of sp³-hybridized carbons (Fsp3) is 0.938. The molecule has 0 aromatic rings. The van der Waals surface area contributed by atoms with Crippen molar-refractivity contribution in [2.45, 2.75) is 78.3 Å². The first-order valence-corrected chi connectivity index (χ1v) is 8.05. The predicted molar refractivity (Wildman–Crippen MR) is 81.2 cm³/mol. The lowest BCUT2D eigenvalue weighted by Crippen LogP contribution is -2.43. The van der Waals surface area contributed by atoms with Gasteiger partial charge < -0.3 is 5.32 Å². The molecule has 0 aliphatic heterocycles. The average Bonchev–Trinajstić information content (AvgIpc) is 2.62. The van der Waals surface area contributed by atoms with E-state index >= 15 is 0 Å². The van der Waals surface area contributed by atoms with E-state index in [4.69, 9.17) is 0 Å². The Balaban J connectivity index is 2.29. The molecule has 3 heteroatoms. The van der Waals surface area contributed by atoms with Gasteiger partial charge in [-0.1, -0.05) is 25.7 Å². The van der Waals surface area contributed by atoms with Gasteiger partial charge in [-0.25, -0.2) is 0 Å². The van der Waals surface area contributed by atoms with Gasteiger partial charge in [0.2, 0.25) is 5.91 Å². The third kappa shape index (κ3) is 5.94. The van der Waals surface area contributed by atoms with E-state index in [1.165, 1.54) is 25.7 Å². The Kier molecular flexibility index (Phi) is 7.44. The highest BCUT2D eigenvalue weighted by molar-refractivity contribution is 5.78. The van der Waals surface area contributed by atoms with Crippen LogP contribution < -0.4 is 5.32 Å². The van der Waals surface area contributed by atoms with Gasteiger partial charge in [0.25, 0.3) is 0 Å². The average molecular weight is 268 g/mol. The van der Waals surface area contributed by atoms with E-state index in [1.807, 2.05) is 0 Å². The molecule has 0 radical (unpaired) electrons. The van der Waals surface area contributed by atoms with Crippen molar-refractivity contribution in [3.8, 4) is 0 Å². The predicted octanol–water partition coefficient (Wildman–Crippen LogP) is 3.19. The van der Waals surface area contributed by atoms with Crippen molar-refractivity contribution in [2.75, 3.05) is 13.1 Å². The second-order valence-corrected chi connectivity index (χ2v) is 6.40. The number of amides is 1. The first kappa shape index (κ1) is 16.5. The molecular weight excluding hydrogens is 236 g/mol. The van der Waals surface area contributed by atoms with E-state index < -0.39 is 0 Å². The maximum atomic E-state index is 12.1. The summed E-state index contributed by atoms with van der Waals surface area (Å²) in [6.45, 7) is 10.6. The zero-order valence-electron chi connectivity index (χ0n) is 13.2. The summed E-state index contributed by atoms with van der Waals surface area (Å²) in [4.78, 5) is 14.6. The normalized spacial score (nSPS) is 18.1. The lowest BCUT2D eigenvalue weighted by atomic mass is 9.99. The van der Waals surface area contributed by atoms with Gasteiger partial charge in [0, 0.05) is 31.1 Å². The van der Waals surface area contributed by atoms with Crippen LogP contribution in [0.25, 0.3) is 0 Å². The number of hydrogen-bond donors (Lipinski definition) is 1. The molecule has 0 heterocycles. The topological polar surface area (TPSA) is 32.3 Å². The largest absolute Gasteiger partial charge is 0.355 e. The third-order valence-electron chi connectivity index (χ3n) is 4.22. The van der Waals surface area contributed by atoms with Crippen molar-refractivity contribution in [2.24, 2.45) is 5.92 Å². The number of nitrogens with zero attached hydrogens (tertiary/aromatic N) is 1. The Bertz CT molecular complexity index is 247. The molecule has 0 saturated heterocycles. The smallest absolute Gasteiger partial charge is 0.223 e. The summed E-state index contributed by atoms with van der Waals surface area (Å²) in [5, 5.41) is 3.14. The quantitative estimate of drug-likeness (QED) is 0.750. The number of carbonyl (C=O) groups is 1. The van der Waals surface area contributed by atoms with Crippen molar-refractivity contribution < 1.29 is 4.79 Å². The molecule has 0 aromatic carbocycles. The molecule has 0 atom stereocenters. The van der Waals surface area contributed by atoms with Crippen molar-refractivity contribution in [1.82, 2.24) is 10.2 Å². The Morgan fingerprint density at radius 1 is 1.05 bits per heavy atom. The first-order valence-electron chi connectivity index (χ1n) is 8.05. The molecular formula is C16H32N2O. The van der Waals surface area contributed by atoms with E-state index in [1.54, 1.807) is 0 Å². The number of hydrogen-bond acceptors (Lipinski definition) is 2. The molecule has 1 amide bonds. The summed E-state index contributed by atoms with van der Waals surface area (Å²) in [5.41, 5.74) is 0. The molecule has 1 rings (SSSR count). The van der Waals surface area contributed by atoms with Crippen LogP contribution in [0.15, 0.2) is 0 Å². The zero-order valence-corrected chi connectivity index (χ0v) is 13.2. The molecule has 0 spiro atoms. The molecule has 112 valence electrons. The van der Waals surface area contributed by atoms with Crippen LogP contribution in [0, 0.1) is 5.92 Å². The second-order valence-electron chi connectivity index (χ2n) is 6.40. The van der Waals surface area contributed by atoms with Gasteiger partial charge in [-0.15, -0.1) is 0 Å². The highest BCUT2D eigenvalue weighted by Gasteiger charge is 2.20. The number of nitrogens with one attached hydrogen (secondary N) is 1. The van der Waals surface area contributed by atoms with Crippen molar-refractivity contribution in [3.05, 3.63) is 0 Å².